The molecule has 44 heavy (non-hydrogen) atoms. The second kappa shape index (κ2) is 15.5. The van der Waals surface area contributed by atoms with E-state index >= 15 is 0 Å². The normalized spacial score (nSPS) is 18.0. The largest absolute Gasteiger partial charge is 0.390 e. The Bertz CT molecular complexity index is 1260. The maximum atomic E-state index is 13.8. The molecule has 2 aromatic carbocycles. The number of nitrogens with zero attached hydrogens (tertiary/aromatic N) is 1. The highest BCUT2D eigenvalue weighted by Gasteiger charge is 2.27. The topological polar surface area (TPSA) is 123 Å². The summed E-state index contributed by atoms with van der Waals surface area (Å²) in [6.45, 7) is 9.64. The average Bonchev–Trinajstić information content (AvgIpc) is 3.44. The van der Waals surface area contributed by atoms with E-state index in [0.717, 1.165) is 43.4 Å². The Kier molecular flexibility index (Phi) is 11.8. The van der Waals surface area contributed by atoms with Crippen LogP contribution in [0.3, 0.4) is 0 Å². The van der Waals surface area contributed by atoms with Crippen molar-refractivity contribution in [2.45, 2.75) is 103 Å². The number of amides is 3. The van der Waals surface area contributed by atoms with E-state index in [-0.39, 0.29) is 35.7 Å². The summed E-state index contributed by atoms with van der Waals surface area (Å²) < 4.78 is 0. The number of aliphatic hydroxyl groups is 1. The molecule has 3 amide bonds. The molecular weight excluding hydrogens is 554 g/mol. The van der Waals surface area contributed by atoms with Crippen LogP contribution in [0.5, 0.6) is 0 Å². The number of carbonyl (C=O) groups is 3. The van der Waals surface area contributed by atoms with Crippen LogP contribution in [0.15, 0.2) is 48.5 Å². The number of carbonyl (C=O) groups excluding carboxylic acids is 3. The zero-order valence-electron chi connectivity index (χ0n) is 26.8. The Balaban J connectivity index is 1.48. The van der Waals surface area contributed by atoms with Crippen molar-refractivity contribution in [1.82, 2.24) is 16.0 Å². The Morgan fingerprint density at radius 3 is 2.41 bits per heavy atom. The van der Waals surface area contributed by atoms with Gasteiger partial charge in [0.1, 0.15) is 0 Å². The van der Waals surface area contributed by atoms with Crippen molar-refractivity contribution in [1.29, 1.82) is 0 Å². The molecule has 1 saturated heterocycles. The maximum Gasteiger partial charge on any atom is 0.251 e. The van der Waals surface area contributed by atoms with Gasteiger partial charge in [-0.1, -0.05) is 70.4 Å². The minimum atomic E-state index is -0.953. The first kappa shape index (κ1) is 33.5. The summed E-state index contributed by atoms with van der Waals surface area (Å²) >= 11 is 0. The predicted molar refractivity (Wildman–Crippen MR) is 176 cm³/mol. The molecule has 1 saturated carbocycles. The van der Waals surface area contributed by atoms with Gasteiger partial charge in [-0.15, -0.1) is 0 Å². The minimum absolute atomic E-state index is 0.0181. The number of rotatable bonds is 13. The quantitative estimate of drug-likeness (QED) is 0.231. The van der Waals surface area contributed by atoms with Gasteiger partial charge in [-0.05, 0) is 61.8 Å². The zero-order valence-corrected chi connectivity index (χ0v) is 26.8. The van der Waals surface area contributed by atoms with Crippen LogP contribution in [0, 0.1) is 5.41 Å². The summed E-state index contributed by atoms with van der Waals surface area (Å²) in [7, 11) is 0. The fourth-order valence-corrected chi connectivity index (χ4v) is 5.80. The van der Waals surface area contributed by atoms with Gasteiger partial charge in [-0.3, -0.25) is 14.4 Å². The van der Waals surface area contributed by atoms with Crippen molar-refractivity contribution < 1.29 is 19.5 Å². The number of benzene rings is 2. The number of anilines is 2. The highest BCUT2D eigenvalue weighted by atomic mass is 16.3. The summed E-state index contributed by atoms with van der Waals surface area (Å²) in [6.07, 6.45) is 6.25. The van der Waals surface area contributed by atoms with Crippen LogP contribution in [0.2, 0.25) is 0 Å². The highest BCUT2D eigenvalue weighted by molar-refractivity contribution is 6.00. The summed E-state index contributed by atoms with van der Waals surface area (Å²) in [5, 5.41) is 24.1. The smallest absolute Gasteiger partial charge is 0.251 e. The van der Waals surface area contributed by atoms with Crippen LogP contribution in [-0.2, 0) is 16.0 Å². The van der Waals surface area contributed by atoms with Crippen LogP contribution in [-0.4, -0.2) is 66.7 Å². The van der Waals surface area contributed by atoms with Gasteiger partial charge in [0.2, 0.25) is 11.8 Å². The monoisotopic (exact) mass is 605 g/mol. The first-order valence-electron chi connectivity index (χ1n) is 16.2. The molecule has 0 aromatic heterocycles. The van der Waals surface area contributed by atoms with Crippen molar-refractivity contribution in [2.24, 2.45) is 5.41 Å². The molecule has 2 fully saturated rings. The molecule has 1 unspecified atom stereocenters. The lowest BCUT2D eigenvalue weighted by Gasteiger charge is -2.28. The zero-order chi connectivity index (χ0) is 31.7. The maximum absolute atomic E-state index is 13.8. The van der Waals surface area contributed by atoms with E-state index < -0.39 is 18.2 Å². The van der Waals surface area contributed by atoms with Gasteiger partial charge in [0.25, 0.3) is 5.91 Å². The first-order valence-corrected chi connectivity index (χ1v) is 16.2. The number of aliphatic hydroxyl groups excluding tert-OH is 1. The van der Waals surface area contributed by atoms with Crippen molar-refractivity contribution in [3.05, 3.63) is 59.7 Å². The summed E-state index contributed by atoms with van der Waals surface area (Å²) in [5.74, 6) is -0.355. The Hall–Kier alpha value is -3.43. The molecule has 5 N–H and O–H groups in total. The van der Waals surface area contributed by atoms with Gasteiger partial charge in [-0.25, -0.2) is 0 Å². The van der Waals surface area contributed by atoms with E-state index in [9.17, 15) is 19.5 Å². The van der Waals surface area contributed by atoms with E-state index in [1.807, 2.05) is 36.4 Å². The lowest BCUT2D eigenvalue weighted by molar-refractivity contribution is -0.123. The second-order valence-corrected chi connectivity index (χ2v) is 13.6. The number of hydrogen-bond donors (Lipinski definition) is 5. The molecular formula is C35H51N5O4. The van der Waals surface area contributed by atoms with E-state index in [1.54, 1.807) is 24.0 Å². The van der Waals surface area contributed by atoms with Gasteiger partial charge in [0.15, 0.2) is 0 Å². The fraction of sp³-hybridized carbons (Fsp3) is 0.571. The minimum Gasteiger partial charge on any atom is -0.390 e. The van der Waals surface area contributed by atoms with Crippen molar-refractivity contribution in [2.75, 3.05) is 29.9 Å². The summed E-state index contributed by atoms with van der Waals surface area (Å²) in [5.41, 5.74) is 2.86. The van der Waals surface area contributed by atoms with E-state index in [2.05, 4.69) is 42.0 Å². The van der Waals surface area contributed by atoms with Crippen LogP contribution in [0.25, 0.3) is 0 Å². The molecule has 9 heteroatoms. The third-order valence-electron chi connectivity index (χ3n) is 8.45. The third kappa shape index (κ3) is 10.1. The van der Waals surface area contributed by atoms with E-state index in [1.165, 1.54) is 6.42 Å². The Morgan fingerprint density at radius 1 is 1.02 bits per heavy atom. The molecule has 2 aromatic rings. The van der Waals surface area contributed by atoms with Crippen LogP contribution in [0.1, 0.15) is 88.6 Å². The fourth-order valence-electron chi connectivity index (χ4n) is 5.80. The second-order valence-electron chi connectivity index (χ2n) is 13.6. The van der Waals surface area contributed by atoms with Crippen LogP contribution in [0.4, 0.5) is 11.4 Å². The highest BCUT2D eigenvalue weighted by Crippen LogP contribution is 2.28. The standard InChI is InChI=1S/C35H51N5O4/c1-24(33(43)38-27-14-9-6-10-15-27)36-22-31(41)30(18-25-12-7-5-8-13-25)39-34(44)26-19-28(37-23-35(2,3)4)21-29(20-26)40-17-11-16-32(40)42/h5,7-8,12-13,19-21,24,27,30-31,36-37,41H,6,9-11,14-18,22-23H2,1-4H3,(H,38,43)(H,39,44)/t24-,30?,31+/m0/s1. The first-order chi connectivity index (χ1) is 21.0. The van der Waals surface area contributed by atoms with E-state index in [4.69, 9.17) is 0 Å². The molecule has 4 rings (SSSR count). The molecule has 3 atom stereocenters. The molecule has 9 nitrogen and oxygen atoms in total. The Labute approximate surface area is 262 Å². The number of hydrogen-bond acceptors (Lipinski definition) is 6. The molecule has 240 valence electrons. The number of nitrogens with one attached hydrogen (secondary N) is 4. The molecule has 1 aliphatic heterocycles. The van der Waals surface area contributed by atoms with Gasteiger partial charge in [-0.2, -0.15) is 0 Å². The SMILES string of the molecule is C[C@H](NC[C@@H](O)C(Cc1ccccc1)NC(=O)c1cc(NCC(C)(C)C)cc(N2CCCC2=O)c1)C(=O)NC1CCCCC1. The average molecular weight is 606 g/mol. The molecule has 0 spiro atoms. The third-order valence-corrected chi connectivity index (χ3v) is 8.45. The lowest BCUT2D eigenvalue weighted by Crippen LogP contribution is -2.53. The van der Waals surface area contributed by atoms with Crippen molar-refractivity contribution in [3.63, 3.8) is 0 Å². The predicted octanol–water partition coefficient (Wildman–Crippen LogP) is 4.40. The van der Waals surface area contributed by atoms with Gasteiger partial charge in [0.05, 0.1) is 18.2 Å². The van der Waals surface area contributed by atoms with Crippen molar-refractivity contribution in [3.8, 4) is 0 Å². The molecule has 0 radical (unpaired) electrons. The van der Waals surface area contributed by atoms with Crippen LogP contribution < -0.4 is 26.2 Å². The van der Waals surface area contributed by atoms with E-state index in [0.29, 0.717) is 37.2 Å². The molecule has 1 aliphatic carbocycles. The summed E-state index contributed by atoms with van der Waals surface area (Å²) in [4.78, 5) is 40.9. The Morgan fingerprint density at radius 2 is 1.75 bits per heavy atom. The summed E-state index contributed by atoms with van der Waals surface area (Å²) in [6, 6.07) is 14.3. The van der Waals surface area contributed by atoms with Gasteiger partial charge in [0, 0.05) is 49.0 Å². The van der Waals surface area contributed by atoms with Crippen molar-refractivity contribution >= 4 is 29.1 Å². The van der Waals surface area contributed by atoms with Gasteiger partial charge < -0.3 is 31.3 Å². The molecule has 1 heterocycles. The molecule has 0 bridgehead atoms. The molecule has 2 aliphatic rings. The van der Waals surface area contributed by atoms with Crippen LogP contribution >= 0.6 is 0 Å². The lowest BCUT2D eigenvalue weighted by atomic mass is 9.95. The van der Waals surface area contributed by atoms with Gasteiger partial charge >= 0.3 is 0 Å².